The van der Waals surface area contributed by atoms with Gasteiger partial charge < -0.3 is 14.2 Å². The lowest BCUT2D eigenvalue weighted by Crippen LogP contribution is -2.38. The Hall–Kier alpha value is -3.86. The molecule has 0 aliphatic carbocycles. The third-order valence-electron chi connectivity index (χ3n) is 6.79. The molecule has 4 aromatic rings. The van der Waals surface area contributed by atoms with E-state index in [-0.39, 0.29) is 5.91 Å². The number of piperidine rings is 1. The third kappa shape index (κ3) is 4.72. The van der Waals surface area contributed by atoms with E-state index in [1.165, 1.54) is 0 Å². The fourth-order valence-corrected chi connectivity index (χ4v) is 4.59. The normalized spacial score (nSPS) is 14.2. The minimum absolute atomic E-state index is 0.0595. The van der Waals surface area contributed by atoms with Crippen molar-refractivity contribution in [3.63, 3.8) is 0 Å². The highest BCUT2D eigenvalue weighted by Gasteiger charge is 2.29. The zero-order valence-corrected chi connectivity index (χ0v) is 20.6. The summed E-state index contributed by atoms with van der Waals surface area (Å²) in [5, 5.41) is 0. The largest absolute Gasteiger partial charge is 0.435 e. The minimum atomic E-state index is -0.0595. The lowest BCUT2D eigenvalue weighted by atomic mass is 9.99. The van der Waals surface area contributed by atoms with Gasteiger partial charge in [0.2, 0.25) is 5.89 Å². The average Bonchev–Trinajstić information content (AvgIpc) is 3.35. The summed E-state index contributed by atoms with van der Waals surface area (Å²) in [5.74, 6) is 1.57. The molecule has 1 aromatic heterocycles. The van der Waals surface area contributed by atoms with Crippen LogP contribution in [0.5, 0.6) is 0 Å². The second-order valence-electron chi connectivity index (χ2n) is 9.52. The number of rotatable bonds is 5. The van der Waals surface area contributed by atoms with Crippen molar-refractivity contribution in [2.45, 2.75) is 19.8 Å². The lowest BCUT2D eigenvalue weighted by Gasteiger charge is -2.29. The fourth-order valence-electron chi connectivity index (χ4n) is 4.59. The van der Waals surface area contributed by atoms with Crippen molar-refractivity contribution in [2.75, 3.05) is 32.1 Å². The van der Waals surface area contributed by atoms with Gasteiger partial charge in [-0.15, -0.1) is 0 Å². The maximum Gasteiger partial charge on any atom is 0.276 e. The van der Waals surface area contributed by atoms with Crippen LogP contribution in [0, 0.1) is 5.92 Å². The second kappa shape index (κ2) is 9.79. The van der Waals surface area contributed by atoms with Gasteiger partial charge >= 0.3 is 0 Å². The molecule has 0 unspecified atom stereocenters. The van der Waals surface area contributed by atoms with Gasteiger partial charge in [0.1, 0.15) is 0 Å². The second-order valence-corrected chi connectivity index (χ2v) is 9.52. The van der Waals surface area contributed by atoms with Crippen LogP contribution < -0.4 is 4.90 Å². The van der Waals surface area contributed by atoms with Crippen molar-refractivity contribution in [1.82, 2.24) is 9.88 Å². The van der Waals surface area contributed by atoms with E-state index in [1.54, 1.807) is 0 Å². The molecule has 1 fully saturated rings. The molecule has 1 aliphatic rings. The predicted octanol–water partition coefficient (Wildman–Crippen LogP) is 6.61. The Balaban J connectivity index is 1.61. The van der Waals surface area contributed by atoms with Gasteiger partial charge in [-0.05, 0) is 60.2 Å². The van der Waals surface area contributed by atoms with Gasteiger partial charge in [0, 0.05) is 44.0 Å². The molecule has 2 heterocycles. The van der Waals surface area contributed by atoms with Gasteiger partial charge in [0.15, 0.2) is 11.5 Å². The number of likely N-dealkylation sites (tertiary alicyclic amines) is 1. The summed E-state index contributed by atoms with van der Waals surface area (Å²) in [6.07, 6.45) is 2.03. The maximum absolute atomic E-state index is 13.7. The van der Waals surface area contributed by atoms with Crippen molar-refractivity contribution < 1.29 is 9.21 Å². The van der Waals surface area contributed by atoms with Crippen LogP contribution in [0.25, 0.3) is 33.9 Å². The van der Waals surface area contributed by atoms with Crippen LogP contribution in [0.3, 0.4) is 0 Å². The van der Waals surface area contributed by atoms with E-state index in [4.69, 9.17) is 9.40 Å². The number of amides is 1. The Bertz CT molecular complexity index is 1300. The highest BCUT2D eigenvalue weighted by Crippen LogP contribution is 2.36. The van der Waals surface area contributed by atoms with Gasteiger partial charge in [-0.1, -0.05) is 55.5 Å². The molecule has 5 heteroatoms. The van der Waals surface area contributed by atoms with Gasteiger partial charge in [-0.25, -0.2) is 4.98 Å². The first-order valence-corrected chi connectivity index (χ1v) is 12.2. The van der Waals surface area contributed by atoms with E-state index in [2.05, 4.69) is 25.1 Å². The van der Waals surface area contributed by atoms with Crippen LogP contribution in [0.15, 0.2) is 83.3 Å². The third-order valence-corrected chi connectivity index (χ3v) is 6.79. The Morgan fingerprint density at radius 2 is 1.49 bits per heavy atom. The number of benzene rings is 3. The number of aromatic nitrogens is 1. The molecule has 5 nitrogen and oxygen atoms in total. The fraction of sp³-hybridized carbons (Fsp3) is 0.267. The van der Waals surface area contributed by atoms with Crippen molar-refractivity contribution in [2.24, 2.45) is 5.92 Å². The summed E-state index contributed by atoms with van der Waals surface area (Å²) in [6.45, 7) is 3.75. The molecule has 178 valence electrons. The molecule has 0 atom stereocenters. The smallest absolute Gasteiger partial charge is 0.276 e. The van der Waals surface area contributed by atoms with Gasteiger partial charge in [-0.2, -0.15) is 0 Å². The molecule has 0 N–H and O–H groups in total. The van der Waals surface area contributed by atoms with Crippen LogP contribution in [-0.2, 0) is 0 Å². The Morgan fingerprint density at radius 3 is 2.14 bits per heavy atom. The molecule has 35 heavy (non-hydrogen) atoms. The first-order chi connectivity index (χ1) is 17.0. The molecule has 0 saturated carbocycles. The highest BCUT2D eigenvalue weighted by atomic mass is 16.4. The SMILES string of the molecule is CC1CCN(C(=O)c2nc(-c3ccccc3-c3ccccc3)oc2-c2ccc(N(C)C)cc2)CC1. The van der Waals surface area contributed by atoms with Crippen LogP contribution >= 0.6 is 0 Å². The summed E-state index contributed by atoms with van der Waals surface area (Å²) in [5.41, 5.74) is 5.29. The molecular formula is C30H31N3O2. The molecule has 0 spiro atoms. The van der Waals surface area contributed by atoms with E-state index < -0.39 is 0 Å². The number of carbonyl (C=O) groups is 1. The first kappa shape index (κ1) is 22.9. The molecule has 0 radical (unpaired) electrons. The molecule has 3 aromatic carbocycles. The number of carbonyl (C=O) groups excluding carboxylic acids is 1. The summed E-state index contributed by atoms with van der Waals surface area (Å²) < 4.78 is 6.41. The minimum Gasteiger partial charge on any atom is -0.435 e. The summed E-state index contributed by atoms with van der Waals surface area (Å²) in [7, 11) is 4.02. The van der Waals surface area contributed by atoms with Crippen LogP contribution in [0.4, 0.5) is 5.69 Å². The van der Waals surface area contributed by atoms with Gasteiger partial charge in [-0.3, -0.25) is 4.79 Å². The number of hydrogen-bond acceptors (Lipinski definition) is 4. The summed E-state index contributed by atoms with van der Waals surface area (Å²) >= 11 is 0. The zero-order chi connectivity index (χ0) is 24.4. The summed E-state index contributed by atoms with van der Waals surface area (Å²) in [4.78, 5) is 22.5. The summed E-state index contributed by atoms with van der Waals surface area (Å²) in [6, 6.07) is 26.3. The standard InChI is InChI=1S/C30H31N3O2/c1-21-17-19-33(20-18-21)30(34)27-28(23-13-15-24(16-14-23)32(2)3)35-29(31-27)26-12-8-7-11-25(26)22-9-5-4-6-10-22/h4-16,21H,17-20H2,1-3H3. The molecule has 0 bridgehead atoms. The van der Waals surface area contributed by atoms with Crippen molar-refractivity contribution in [1.29, 1.82) is 0 Å². The van der Waals surface area contributed by atoms with Gasteiger partial charge in [0.25, 0.3) is 5.91 Å². The quantitative estimate of drug-likeness (QED) is 0.333. The molecule has 1 saturated heterocycles. The molecule has 1 aliphatic heterocycles. The van der Waals surface area contributed by atoms with E-state index in [0.717, 1.165) is 53.9 Å². The molecular weight excluding hydrogens is 434 g/mol. The molecule has 1 amide bonds. The van der Waals surface area contributed by atoms with Crippen molar-refractivity contribution in [3.8, 4) is 33.9 Å². The zero-order valence-electron chi connectivity index (χ0n) is 20.6. The number of nitrogens with zero attached hydrogens (tertiary/aromatic N) is 3. The van der Waals surface area contributed by atoms with Crippen LogP contribution in [-0.4, -0.2) is 43.0 Å². The number of oxazole rings is 1. The lowest BCUT2D eigenvalue weighted by molar-refractivity contribution is 0.0692. The average molecular weight is 466 g/mol. The van der Waals surface area contributed by atoms with Crippen LogP contribution in [0.1, 0.15) is 30.3 Å². The predicted molar refractivity (Wildman–Crippen MR) is 141 cm³/mol. The number of anilines is 1. The van der Waals surface area contributed by atoms with E-state index >= 15 is 0 Å². The Morgan fingerprint density at radius 1 is 0.857 bits per heavy atom. The van der Waals surface area contributed by atoms with E-state index in [9.17, 15) is 4.79 Å². The topological polar surface area (TPSA) is 49.6 Å². The van der Waals surface area contributed by atoms with Crippen molar-refractivity contribution >= 4 is 11.6 Å². The highest BCUT2D eigenvalue weighted by molar-refractivity contribution is 5.99. The Labute approximate surface area is 207 Å². The first-order valence-electron chi connectivity index (χ1n) is 12.2. The Kier molecular flexibility index (Phi) is 6.41. The molecule has 5 rings (SSSR count). The van der Waals surface area contributed by atoms with Crippen LogP contribution in [0.2, 0.25) is 0 Å². The maximum atomic E-state index is 13.7. The van der Waals surface area contributed by atoms with E-state index in [1.807, 2.05) is 84.6 Å². The van der Waals surface area contributed by atoms with Gasteiger partial charge in [0.05, 0.1) is 0 Å². The number of hydrogen-bond donors (Lipinski definition) is 0. The van der Waals surface area contributed by atoms with Crippen molar-refractivity contribution in [3.05, 3.63) is 84.6 Å². The van der Waals surface area contributed by atoms with E-state index in [0.29, 0.717) is 23.3 Å². The monoisotopic (exact) mass is 465 g/mol.